The summed E-state index contributed by atoms with van der Waals surface area (Å²) in [5, 5.41) is 0. The lowest BCUT2D eigenvalue weighted by Gasteiger charge is -2.10. The normalized spacial score (nSPS) is 12.2. The first-order valence-electron chi connectivity index (χ1n) is 5.39. The molecule has 0 spiro atoms. The average molecular weight is 257 g/mol. The molecule has 1 aromatic carbocycles. The van der Waals surface area contributed by atoms with Gasteiger partial charge in [0.25, 0.3) is 0 Å². The summed E-state index contributed by atoms with van der Waals surface area (Å²) < 4.78 is 18.0. The van der Waals surface area contributed by atoms with E-state index in [2.05, 4.69) is 0 Å². The summed E-state index contributed by atoms with van der Waals surface area (Å²) in [6.45, 7) is 3.94. The summed E-state index contributed by atoms with van der Waals surface area (Å²) in [6, 6.07) is 4.63. The molecule has 0 aliphatic heterocycles. The molecule has 94 valence electrons. The summed E-state index contributed by atoms with van der Waals surface area (Å²) in [5.41, 5.74) is 5.51. The second kappa shape index (κ2) is 6.49. The third-order valence-corrected chi connectivity index (χ3v) is 3.41. The van der Waals surface area contributed by atoms with Crippen LogP contribution < -0.4 is 5.73 Å². The SMILES string of the molecule is CCOC(=O)C(C)CSc1ccc(N)c(F)c1. The monoisotopic (exact) mass is 257 g/mol. The standard InChI is InChI=1S/C12H16FNO2S/c1-3-16-12(15)8(2)7-17-9-4-5-11(14)10(13)6-9/h4-6,8H,3,7,14H2,1-2H3. The predicted molar refractivity (Wildman–Crippen MR) is 67.3 cm³/mol. The fourth-order valence-electron chi connectivity index (χ4n) is 1.17. The molecule has 0 radical (unpaired) electrons. The van der Waals surface area contributed by atoms with Gasteiger partial charge < -0.3 is 10.5 Å². The van der Waals surface area contributed by atoms with E-state index in [0.717, 1.165) is 4.90 Å². The first-order valence-corrected chi connectivity index (χ1v) is 6.37. The van der Waals surface area contributed by atoms with Gasteiger partial charge in [0.05, 0.1) is 18.2 Å². The Morgan fingerprint density at radius 3 is 2.88 bits per heavy atom. The van der Waals surface area contributed by atoms with Crippen LogP contribution in [0.25, 0.3) is 0 Å². The number of hydrogen-bond acceptors (Lipinski definition) is 4. The van der Waals surface area contributed by atoms with Crippen LogP contribution in [0.2, 0.25) is 0 Å². The average Bonchev–Trinajstić information content (AvgIpc) is 2.30. The van der Waals surface area contributed by atoms with E-state index in [4.69, 9.17) is 10.5 Å². The molecule has 0 saturated carbocycles. The number of esters is 1. The van der Waals surface area contributed by atoms with Crippen LogP contribution in [0.15, 0.2) is 23.1 Å². The maximum Gasteiger partial charge on any atom is 0.309 e. The van der Waals surface area contributed by atoms with Gasteiger partial charge >= 0.3 is 5.97 Å². The van der Waals surface area contributed by atoms with Gasteiger partial charge in [0.15, 0.2) is 0 Å². The molecule has 0 aliphatic rings. The molecule has 0 aliphatic carbocycles. The van der Waals surface area contributed by atoms with Crippen molar-refractivity contribution in [2.45, 2.75) is 18.7 Å². The fourth-order valence-corrected chi connectivity index (χ4v) is 2.10. The zero-order chi connectivity index (χ0) is 12.8. The number of nitrogens with two attached hydrogens (primary N) is 1. The number of ether oxygens (including phenoxy) is 1. The zero-order valence-electron chi connectivity index (χ0n) is 9.90. The Bertz CT molecular complexity index is 398. The molecule has 1 aromatic rings. The van der Waals surface area contributed by atoms with Crippen molar-refractivity contribution in [1.82, 2.24) is 0 Å². The van der Waals surface area contributed by atoms with Crippen LogP contribution in [0.5, 0.6) is 0 Å². The van der Waals surface area contributed by atoms with Crippen LogP contribution in [-0.2, 0) is 9.53 Å². The Morgan fingerprint density at radius 2 is 2.29 bits per heavy atom. The van der Waals surface area contributed by atoms with Crippen molar-refractivity contribution in [1.29, 1.82) is 0 Å². The second-order valence-electron chi connectivity index (χ2n) is 3.65. The van der Waals surface area contributed by atoms with Crippen LogP contribution in [0.3, 0.4) is 0 Å². The van der Waals surface area contributed by atoms with Crippen LogP contribution >= 0.6 is 11.8 Å². The van der Waals surface area contributed by atoms with Gasteiger partial charge in [-0.05, 0) is 25.1 Å². The van der Waals surface area contributed by atoms with Gasteiger partial charge in [-0.3, -0.25) is 4.79 Å². The van der Waals surface area contributed by atoms with Gasteiger partial charge in [-0.25, -0.2) is 4.39 Å². The maximum atomic E-state index is 13.2. The Hall–Kier alpha value is -1.23. The van der Waals surface area contributed by atoms with Crippen molar-refractivity contribution < 1.29 is 13.9 Å². The lowest BCUT2D eigenvalue weighted by molar-refractivity contribution is -0.146. The molecule has 0 aromatic heterocycles. The number of carbonyl (C=O) groups is 1. The van der Waals surface area contributed by atoms with Gasteiger partial charge in [0.2, 0.25) is 0 Å². The Labute approximate surface area is 105 Å². The van der Waals surface area contributed by atoms with Crippen molar-refractivity contribution in [3.63, 3.8) is 0 Å². The van der Waals surface area contributed by atoms with Crippen LogP contribution in [0.4, 0.5) is 10.1 Å². The molecule has 3 nitrogen and oxygen atoms in total. The third kappa shape index (κ3) is 4.26. The minimum Gasteiger partial charge on any atom is -0.466 e. The van der Waals surface area contributed by atoms with Crippen molar-refractivity contribution >= 4 is 23.4 Å². The highest BCUT2D eigenvalue weighted by Crippen LogP contribution is 2.24. The number of anilines is 1. The predicted octanol–water partition coefficient (Wildman–Crippen LogP) is 2.70. The molecular weight excluding hydrogens is 241 g/mol. The van der Waals surface area contributed by atoms with Crippen LogP contribution in [0, 0.1) is 11.7 Å². The number of thioether (sulfide) groups is 1. The highest BCUT2D eigenvalue weighted by molar-refractivity contribution is 7.99. The number of benzene rings is 1. The number of rotatable bonds is 5. The summed E-state index contributed by atoms with van der Waals surface area (Å²) in [6.07, 6.45) is 0. The van der Waals surface area contributed by atoms with E-state index in [9.17, 15) is 9.18 Å². The van der Waals surface area contributed by atoms with E-state index in [1.807, 2.05) is 0 Å². The molecule has 1 atom stereocenters. The summed E-state index contributed by atoms with van der Waals surface area (Å²) >= 11 is 1.41. The van der Waals surface area contributed by atoms with Crippen molar-refractivity contribution in [3.05, 3.63) is 24.0 Å². The second-order valence-corrected chi connectivity index (χ2v) is 4.74. The third-order valence-electron chi connectivity index (χ3n) is 2.16. The van der Waals surface area contributed by atoms with E-state index in [1.165, 1.54) is 23.9 Å². The van der Waals surface area contributed by atoms with Gasteiger partial charge in [0.1, 0.15) is 5.82 Å². The zero-order valence-corrected chi connectivity index (χ0v) is 10.7. The van der Waals surface area contributed by atoms with Crippen molar-refractivity contribution in [2.75, 3.05) is 18.1 Å². The Morgan fingerprint density at radius 1 is 1.59 bits per heavy atom. The number of hydrogen-bond donors (Lipinski definition) is 1. The number of carbonyl (C=O) groups excluding carboxylic acids is 1. The van der Waals surface area contributed by atoms with Crippen molar-refractivity contribution in [3.8, 4) is 0 Å². The van der Waals surface area contributed by atoms with E-state index >= 15 is 0 Å². The minimum atomic E-state index is -0.432. The molecule has 0 amide bonds. The van der Waals surface area contributed by atoms with Gasteiger partial charge in [-0.15, -0.1) is 11.8 Å². The van der Waals surface area contributed by atoms with Gasteiger partial charge in [0, 0.05) is 10.6 Å². The molecule has 0 saturated heterocycles. The van der Waals surface area contributed by atoms with E-state index in [1.54, 1.807) is 19.9 Å². The highest BCUT2D eigenvalue weighted by Gasteiger charge is 2.14. The molecule has 1 rings (SSSR count). The van der Waals surface area contributed by atoms with Crippen LogP contribution in [0.1, 0.15) is 13.8 Å². The largest absolute Gasteiger partial charge is 0.466 e. The summed E-state index contributed by atoms with van der Waals surface area (Å²) in [4.78, 5) is 12.1. The van der Waals surface area contributed by atoms with E-state index in [0.29, 0.717) is 12.4 Å². The molecule has 0 heterocycles. The molecule has 1 unspecified atom stereocenters. The topological polar surface area (TPSA) is 52.3 Å². The van der Waals surface area contributed by atoms with E-state index < -0.39 is 5.82 Å². The molecule has 0 bridgehead atoms. The Kier molecular flexibility index (Phi) is 5.28. The number of nitrogen functional groups attached to an aromatic ring is 1. The first kappa shape index (κ1) is 13.8. The molecule has 0 fully saturated rings. The van der Waals surface area contributed by atoms with Gasteiger partial charge in [-0.1, -0.05) is 6.92 Å². The first-order chi connectivity index (χ1) is 8.04. The quantitative estimate of drug-likeness (QED) is 0.500. The summed E-state index contributed by atoms with van der Waals surface area (Å²) in [7, 11) is 0. The molecule has 17 heavy (non-hydrogen) atoms. The lowest BCUT2D eigenvalue weighted by atomic mass is 10.2. The lowest BCUT2D eigenvalue weighted by Crippen LogP contribution is -2.16. The van der Waals surface area contributed by atoms with Crippen molar-refractivity contribution in [2.24, 2.45) is 5.92 Å². The van der Waals surface area contributed by atoms with Gasteiger partial charge in [-0.2, -0.15) is 0 Å². The number of halogens is 1. The highest BCUT2D eigenvalue weighted by atomic mass is 32.2. The van der Waals surface area contributed by atoms with Crippen LogP contribution in [-0.4, -0.2) is 18.3 Å². The minimum absolute atomic E-state index is 0.132. The molecular formula is C12H16FNO2S. The molecule has 2 N–H and O–H groups in total. The fraction of sp³-hybridized carbons (Fsp3) is 0.417. The maximum absolute atomic E-state index is 13.2. The smallest absolute Gasteiger partial charge is 0.309 e. The Balaban J connectivity index is 2.50. The van der Waals surface area contributed by atoms with E-state index in [-0.39, 0.29) is 17.6 Å². The molecule has 5 heteroatoms. The summed E-state index contributed by atoms with van der Waals surface area (Å²) in [5.74, 6) is -0.308.